The molecule has 1 fully saturated rings. The molecule has 1 aliphatic rings. The lowest BCUT2D eigenvalue weighted by molar-refractivity contribution is 0.0683. The van der Waals surface area contributed by atoms with E-state index >= 15 is 0 Å². The van der Waals surface area contributed by atoms with Gasteiger partial charge in [0.2, 0.25) is 0 Å². The summed E-state index contributed by atoms with van der Waals surface area (Å²) in [6.07, 6.45) is 1.75. The van der Waals surface area contributed by atoms with Crippen LogP contribution in [0.5, 0.6) is 11.5 Å². The molecule has 2 aromatic carbocycles. The van der Waals surface area contributed by atoms with Crippen LogP contribution in [0.15, 0.2) is 42.5 Å². The van der Waals surface area contributed by atoms with Crippen LogP contribution in [0, 0.1) is 9.49 Å². The molecule has 0 unspecified atom stereocenters. The molecule has 1 aliphatic heterocycles. The van der Waals surface area contributed by atoms with Gasteiger partial charge in [0.1, 0.15) is 0 Å². The predicted octanol–water partition coefficient (Wildman–Crippen LogP) is 3.59. The normalized spacial score (nSPS) is 14.4. The standard InChI is InChI=1S/C22H25IN2O4/c1-28-19-8-7-16(13-20(19)29-2)21(26)24-14-15-9-11-25(12-10-15)22(27)17-5-3-4-6-18(17)23/h3-8,13,15H,9-12,14H2,1-2H3,(H,24,26). The Hall–Kier alpha value is -2.29. The van der Waals surface area contributed by atoms with E-state index in [0.717, 1.165) is 22.0 Å². The van der Waals surface area contributed by atoms with Crippen molar-refractivity contribution in [3.05, 3.63) is 57.2 Å². The minimum Gasteiger partial charge on any atom is -0.493 e. The first-order chi connectivity index (χ1) is 14.0. The third-order valence-corrected chi connectivity index (χ3v) is 6.14. The first-order valence-electron chi connectivity index (χ1n) is 9.57. The molecule has 1 N–H and O–H groups in total. The SMILES string of the molecule is COc1ccc(C(=O)NCC2CCN(C(=O)c3ccccc3I)CC2)cc1OC. The number of piperidine rings is 1. The highest BCUT2D eigenvalue weighted by Gasteiger charge is 2.25. The Kier molecular flexibility index (Phi) is 7.35. The first-order valence-corrected chi connectivity index (χ1v) is 10.7. The van der Waals surface area contributed by atoms with Crippen molar-refractivity contribution in [1.29, 1.82) is 0 Å². The third kappa shape index (κ3) is 5.20. The largest absolute Gasteiger partial charge is 0.493 e. The summed E-state index contributed by atoms with van der Waals surface area (Å²) >= 11 is 2.20. The molecule has 1 heterocycles. The van der Waals surface area contributed by atoms with E-state index in [-0.39, 0.29) is 11.8 Å². The Bertz CT molecular complexity index is 879. The minimum atomic E-state index is -0.136. The van der Waals surface area contributed by atoms with E-state index in [1.807, 2.05) is 29.2 Å². The maximum Gasteiger partial charge on any atom is 0.254 e. The van der Waals surface area contributed by atoms with Crippen molar-refractivity contribution in [1.82, 2.24) is 10.2 Å². The second kappa shape index (κ2) is 9.96. The van der Waals surface area contributed by atoms with Gasteiger partial charge < -0.3 is 19.7 Å². The number of carbonyl (C=O) groups is 2. The van der Waals surface area contributed by atoms with Crippen molar-refractivity contribution in [2.75, 3.05) is 33.9 Å². The number of hydrogen-bond donors (Lipinski definition) is 1. The molecular weight excluding hydrogens is 483 g/mol. The van der Waals surface area contributed by atoms with E-state index in [9.17, 15) is 9.59 Å². The smallest absolute Gasteiger partial charge is 0.254 e. The molecule has 0 radical (unpaired) electrons. The second-order valence-corrected chi connectivity index (χ2v) is 8.16. The lowest BCUT2D eigenvalue weighted by Crippen LogP contribution is -2.41. The maximum atomic E-state index is 12.7. The molecule has 29 heavy (non-hydrogen) atoms. The van der Waals surface area contributed by atoms with Crippen LogP contribution in [-0.4, -0.2) is 50.6 Å². The monoisotopic (exact) mass is 508 g/mol. The number of likely N-dealkylation sites (tertiary alicyclic amines) is 1. The summed E-state index contributed by atoms with van der Waals surface area (Å²) in [5.74, 6) is 1.43. The highest BCUT2D eigenvalue weighted by Crippen LogP contribution is 2.27. The van der Waals surface area contributed by atoms with Gasteiger partial charge in [0.05, 0.1) is 19.8 Å². The highest BCUT2D eigenvalue weighted by atomic mass is 127. The van der Waals surface area contributed by atoms with Crippen LogP contribution < -0.4 is 14.8 Å². The van der Waals surface area contributed by atoms with Crippen LogP contribution >= 0.6 is 22.6 Å². The van der Waals surface area contributed by atoms with Crippen molar-refractivity contribution in [2.45, 2.75) is 12.8 Å². The van der Waals surface area contributed by atoms with E-state index in [2.05, 4.69) is 27.9 Å². The molecule has 2 amide bonds. The number of nitrogens with zero attached hydrogens (tertiary/aromatic N) is 1. The van der Waals surface area contributed by atoms with E-state index < -0.39 is 0 Å². The molecule has 2 aromatic rings. The van der Waals surface area contributed by atoms with E-state index in [4.69, 9.17) is 9.47 Å². The van der Waals surface area contributed by atoms with Gasteiger partial charge in [-0.3, -0.25) is 9.59 Å². The lowest BCUT2D eigenvalue weighted by Gasteiger charge is -2.32. The van der Waals surface area contributed by atoms with Crippen LogP contribution in [0.4, 0.5) is 0 Å². The fraction of sp³-hybridized carbons (Fsp3) is 0.364. The molecule has 1 saturated heterocycles. The summed E-state index contributed by atoms with van der Waals surface area (Å²) in [5, 5.41) is 3.00. The van der Waals surface area contributed by atoms with Gasteiger partial charge in [-0.2, -0.15) is 0 Å². The van der Waals surface area contributed by atoms with Gasteiger partial charge in [0.15, 0.2) is 11.5 Å². The fourth-order valence-electron chi connectivity index (χ4n) is 3.46. The number of halogens is 1. The zero-order chi connectivity index (χ0) is 20.8. The quantitative estimate of drug-likeness (QED) is 0.606. The van der Waals surface area contributed by atoms with Crippen molar-refractivity contribution in [3.63, 3.8) is 0 Å². The van der Waals surface area contributed by atoms with Crippen LogP contribution in [-0.2, 0) is 0 Å². The topological polar surface area (TPSA) is 67.9 Å². The van der Waals surface area contributed by atoms with Crippen molar-refractivity contribution >= 4 is 34.4 Å². The summed E-state index contributed by atoms with van der Waals surface area (Å²) in [4.78, 5) is 27.1. The van der Waals surface area contributed by atoms with Crippen LogP contribution in [0.2, 0.25) is 0 Å². The number of methoxy groups -OCH3 is 2. The van der Waals surface area contributed by atoms with Gasteiger partial charge in [-0.1, -0.05) is 12.1 Å². The summed E-state index contributed by atoms with van der Waals surface area (Å²) in [6, 6.07) is 12.8. The van der Waals surface area contributed by atoms with Gasteiger partial charge in [-0.05, 0) is 71.7 Å². The zero-order valence-corrected chi connectivity index (χ0v) is 18.8. The zero-order valence-electron chi connectivity index (χ0n) is 16.6. The van der Waals surface area contributed by atoms with Gasteiger partial charge >= 0.3 is 0 Å². The summed E-state index contributed by atoms with van der Waals surface area (Å²) < 4.78 is 11.4. The van der Waals surface area contributed by atoms with Crippen LogP contribution in [0.3, 0.4) is 0 Å². The van der Waals surface area contributed by atoms with Crippen LogP contribution in [0.25, 0.3) is 0 Å². The Balaban J connectivity index is 1.50. The maximum absolute atomic E-state index is 12.7. The Labute approximate surface area is 184 Å². The molecule has 6 nitrogen and oxygen atoms in total. The third-order valence-electron chi connectivity index (χ3n) is 5.20. The number of rotatable bonds is 6. The van der Waals surface area contributed by atoms with Crippen LogP contribution in [0.1, 0.15) is 33.6 Å². The molecule has 0 aliphatic carbocycles. The summed E-state index contributed by atoms with van der Waals surface area (Å²) in [5.41, 5.74) is 1.29. The number of hydrogen-bond acceptors (Lipinski definition) is 4. The Morgan fingerprint density at radius 3 is 2.41 bits per heavy atom. The fourth-order valence-corrected chi connectivity index (χ4v) is 4.08. The Morgan fingerprint density at radius 2 is 1.76 bits per heavy atom. The van der Waals surface area contributed by atoms with Crippen molar-refractivity contribution in [2.24, 2.45) is 5.92 Å². The number of amides is 2. The summed E-state index contributed by atoms with van der Waals surface area (Å²) in [7, 11) is 3.11. The van der Waals surface area contributed by atoms with Gasteiger partial charge in [0.25, 0.3) is 11.8 Å². The second-order valence-electron chi connectivity index (χ2n) is 7.00. The lowest BCUT2D eigenvalue weighted by atomic mass is 9.96. The number of nitrogens with one attached hydrogen (secondary N) is 1. The number of benzene rings is 2. The molecule has 0 aromatic heterocycles. The first kappa shape index (κ1) is 21.4. The molecule has 3 rings (SSSR count). The van der Waals surface area contributed by atoms with Gasteiger partial charge in [-0.25, -0.2) is 0 Å². The number of carbonyl (C=O) groups excluding carboxylic acids is 2. The molecule has 0 spiro atoms. The molecular formula is C22H25IN2O4. The van der Waals surface area contributed by atoms with E-state index in [1.165, 1.54) is 0 Å². The molecule has 7 heteroatoms. The highest BCUT2D eigenvalue weighted by molar-refractivity contribution is 14.1. The van der Waals surface area contributed by atoms with E-state index in [1.54, 1.807) is 32.4 Å². The predicted molar refractivity (Wildman–Crippen MR) is 120 cm³/mol. The molecule has 0 saturated carbocycles. The van der Waals surface area contributed by atoms with Crippen molar-refractivity contribution in [3.8, 4) is 11.5 Å². The minimum absolute atomic E-state index is 0.0859. The Morgan fingerprint density at radius 1 is 1.07 bits per heavy atom. The van der Waals surface area contributed by atoms with E-state index in [0.29, 0.717) is 42.6 Å². The molecule has 0 bridgehead atoms. The molecule has 0 atom stereocenters. The van der Waals surface area contributed by atoms with Gasteiger partial charge in [0, 0.05) is 28.8 Å². The molecule has 154 valence electrons. The average Bonchev–Trinajstić information content (AvgIpc) is 2.77. The average molecular weight is 508 g/mol. The van der Waals surface area contributed by atoms with Gasteiger partial charge in [-0.15, -0.1) is 0 Å². The van der Waals surface area contributed by atoms with Crippen molar-refractivity contribution < 1.29 is 19.1 Å². The number of ether oxygens (including phenoxy) is 2. The summed E-state index contributed by atoms with van der Waals surface area (Å²) in [6.45, 7) is 2.01.